The predicted molar refractivity (Wildman–Crippen MR) is 103 cm³/mol. The summed E-state index contributed by atoms with van der Waals surface area (Å²) in [6, 6.07) is 18.8. The lowest BCUT2D eigenvalue weighted by atomic mass is 9.79. The van der Waals surface area contributed by atoms with E-state index in [2.05, 4.69) is 69.1 Å². The van der Waals surface area contributed by atoms with Crippen LogP contribution in [0.5, 0.6) is 0 Å². The minimum absolute atomic E-state index is 0.343. The Morgan fingerprint density at radius 2 is 1.48 bits per heavy atom. The fourth-order valence-electron chi connectivity index (χ4n) is 3.06. The monoisotopic (exact) mass is 331 g/mol. The zero-order valence-corrected chi connectivity index (χ0v) is 15.1. The highest BCUT2D eigenvalue weighted by Crippen LogP contribution is 2.36. The second-order valence-electron chi connectivity index (χ2n) is 7.63. The van der Waals surface area contributed by atoms with Crippen LogP contribution in [0.15, 0.2) is 60.8 Å². The van der Waals surface area contributed by atoms with Crippen molar-refractivity contribution in [2.45, 2.75) is 38.9 Å². The second kappa shape index (κ2) is 5.68. The quantitative estimate of drug-likeness (QED) is 0.660. The summed E-state index contributed by atoms with van der Waals surface area (Å²) < 4.78 is 12.3. The molecule has 0 spiro atoms. The molecule has 0 saturated carbocycles. The van der Waals surface area contributed by atoms with Gasteiger partial charge in [0.1, 0.15) is 0 Å². The number of aromatic nitrogens is 1. The minimum Gasteiger partial charge on any atom is -0.399 e. The molecule has 0 bridgehead atoms. The number of hydrogen-bond acceptors (Lipinski definition) is 3. The Bertz CT molecular complexity index is 906. The molecule has 1 fully saturated rings. The van der Waals surface area contributed by atoms with Gasteiger partial charge in [-0.1, -0.05) is 48.5 Å². The van der Waals surface area contributed by atoms with E-state index in [0.717, 1.165) is 16.4 Å². The molecule has 1 saturated heterocycles. The van der Waals surface area contributed by atoms with Gasteiger partial charge in [0.25, 0.3) is 0 Å². The van der Waals surface area contributed by atoms with Gasteiger partial charge in [-0.2, -0.15) is 0 Å². The fourth-order valence-corrected chi connectivity index (χ4v) is 3.06. The van der Waals surface area contributed by atoms with Gasteiger partial charge in [0.15, 0.2) is 0 Å². The maximum absolute atomic E-state index is 6.13. The van der Waals surface area contributed by atoms with E-state index in [4.69, 9.17) is 9.31 Å². The van der Waals surface area contributed by atoms with E-state index >= 15 is 0 Å². The van der Waals surface area contributed by atoms with Gasteiger partial charge in [-0.05, 0) is 50.3 Å². The van der Waals surface area contributed by atoms with E-state index in [-0.39, 0.29) is 18.3 Å². The van der Waals surface area contributed by atoms with Crippen LogP contribution in [0.3, 0.4) is 0 Å². The molecule has 1 aliphatic heterocycles. The molecule has 126 valence electrons. The molecule has 0 unspecified atom stereocenters. The van der Waals surface area contributed by atoms with Gasteiger partial charge in [-0.15, -0.1) is 0 Å². The molecule has 0 radical (unpaired) electrons. The average molecular weight is 331 g/mol. The largest absolute Gasteiger partial charge is 0.496 e. The van der Waals surface area contributed by atoms with Gasteiger partial charge in [0.2, 0.25) is 0 Å². The third-order valence-corrected chi connectivity index (χ3v) is 5.34. The number of benzene rings is 2. The zero-order chi connectivity index (χ0) is 17.7. The average Bonchev–Trinajstić information content (AvgIpc) is 2.82. The van der Waals surface area contributed by atoms with Gasteiger partial charge in [0, 0.05) is 11.7 Å². The van der Waals surface area contributed by atoms with Crippen LogP contribution in [0.4, 0.5) is 0 Å². The summed E-state index contributed by atoms with van der Waals surface area (Å²) in [4.78, 5) is 4.65. The van der Waals surface area contributed by atoms with E-state index in [9.17, 15) is 0 Å². The van der Waals surface area contributed by atoms with Crippen molar-refractivity contribution >= 4 is 23.5 Å². The summed E-state index contributed by atoms with van der Waals surface area (Å²) in [7, 11) is -0.379. The molecule has 25 heavy (non-hydrogen) atoms. The van der Waals surface area contributed by atoms with Crippen LogP contribution in [0, 0.1) is 0 Å². The van der Waals surface area contributed by atoms with Crippen molar-refractivity contribution in [2.75, 3.05) is 0 Å². The van der Waals surface area contributed by atoms with Crippen molar-refractivity contribution in [3.05, 3.63) is 60.8 Å². The summed E-state index contributed by atoms with van der Waals surface area (Å²) in [5.74, 6) is 0. The van der Waals surface area contributed by atoms with Crippen molar-refractivity contribution in [3.63, 3.8) is 0 Å². The first kappa shape index (κ1) is 16.3. The maximum Gasteiger partial charge on any atom is 0.496 e. The van der Waals surface area contributed by atoms with Gasteiger partial charge in [0.05, 0.1) is 16.7 Å². The van der Waals surface area contributed by atoms with Gasteiger partial charge >= 0.3 is 7.12 Å². The molecule has 0 amide bonds. The number of fused-ring (bicyclic) bond motifs is 1. The van der Waals surface area contributed by atoms with Gasteiger partial charge in [-0.3, -0.25) is 4.98 Å². The van der Waals surface area contributed by atoms with Crippen LogP contribution in [-0.4, -0.2) is 23.3 Å². The van der Waals surface area contributed by atoms with Crippen molar-refractivity contribution in [3.8, 4) is 11.1 Å². The van der Waals surface area contributed by atoms with Crippen LogP contribution in [0.2, 0.25) is 0 Å². The van der Waals surface area contributed by atoms with Crippen molar-refractivity contribution < 1.29 is 9.31 Å². The van der Waals surface area contributed by atoms with Gasteiger partial charge < -0.3 is 9.31 Å². The number of pyridine rings is 1. The summed E-state index contributed by atoms with van der Waals surface area (Å²) in [6.45, 7) is 8.25. The molecule has 0 atom stereocenters. The Morgan fingerprint density at radius 1 is 0.800 bits per heavy atom. The highest BCUT2D eigenvalue weighted by Gasteiger charge is 2.51. The van der Waals surface area contributed by atoms with Crippen molar-refractivity contribution in [1.82, 2.24) is 4.98 Å². The van der Waals surface area contributed by atoms with Crippen molar-refractivity contribution in [2.24, 2.45) is 0 Å². The van der Waals surface area contributed by atoms with E-state index in [1.807, 2.05) is 24.4 Å². The third-order valence-electron chi connectivity index (χ3n) is 5.34. The van der Waals surface area contributed by atoms with Crippen LogP contribution in [-0.2, 0) is 9.31 Å². The summed E-state index contributed by atoms with van der Waals surface area (Å²) >= 11 is 0. The molecule has 2 aromatic carbocycles. The molecule has 4 heteroatoms. The topological polar surface area (TPSA) is 31.4 Å². The Hall–Kier alpha value is -2.17. The Morgan fingerprint density at radius 3 is 2.16 bits per heavy atom. The van der Waals surface area contributed by atoms with Crippen molar-refractivity contribution in [1.29, 1.82) is 0 Å². The van der Waals surface area contributed by atoms with E-state index in [0.29, 0.717) is 0 Å². The first-order valence-corrected chi connectivity index (χ1v) is 8.66. The molecule has 0 N–H and O–H groups in total. The molecule has 3 aromatic rings. The SMILES string of the molecule is CC1(C)OB(c2cnc3cc(-c4ccccc4)ccc3c2)OC1(C)C. The molecule has 3 nitrogen and oxygen atoms in total. The number of rotatable bonds is 2. The number of hydrogen-bond donors (Lipinski definition) is 0. The Balaban J connectivity index is 1.68. The zero-order valence-electron chi connectivity index (χ0n) is 15.1. The van der Waals surface area contributed by atoms with Gasteiger partial charge in [-0.25, -0.2) is 0 Å². The fraction of sp³-hybridized carbons (Fsp3) is 0.286. The molecule has 4 rings (SSSR count). The summed E-state index contributed by atoms with van der Waals surface area (Å²) in [5.41, 5.74) is 3.61. The molecular weight excluding hydrogens is 309 g/mol. The normalized spacial score (nSPS) is 18.6. The number of nitrogens with zero attached hydrogens (tertiary/aromatic N) is 1. The maximum atomic E-state index is 6.13. The summed E-state index contributed by atoms with van der Waals surface area (Å²) in [6.07, 6.45) is 1.86. The van der Waals surface area contributed by atoms with Crippen LogP contribution < -0.4 is 5.46 Å². The molecular formula is C21H22BNO2. The minimum atomic E-state index is -0.379. The standard InChI is InChI=1S/C21H22BNO2/c1-20(2)21(3,4)25-22(24-20)18-12-17-11-10-16(13-19(17)23-14-18)15-8-6-5-7-9-15/h5-14H,1-4H3. The predicted octanol–water partition coefficient (Wildman–Crippen LogP) is 4.20. The molecule has 0 aliphatic carbocycles. The van der Waals surface area contributed by atoms with Crippen LogP contribution >= 0.6 is 0 Å². The van der Waals surface area contributed by atoms with Crippen LogP contribution in [0.1, 0.15) is 27.7 Å². The first-order chi connectivity index (χ1) is 11.9. The highest BCUT2D eigenvalue weighted by molar-refractivity contribution is 6.62. The van der Waals surface area contributed by atoms with E-state index in [1.54, 1.807) is 0 Å². The third kappa shape index (κ3) is 2.86. The molecule has 1 aromatic heterocycles. The smallest absolute Gasteiger partial charge is 0.399 e. The lowest BCUT2D eigenvalue weighted by Gasteiger charge is -2.32. The lowest BCUT2D eigenvalue weighted by molar-refractivity contribution is 0.00578. The Labute approximate surface area is 149 Å². The Kier molecular flexibility index (Phi) is 3.71. The second-order valence-corrected chi connectivity index (χ2v) is 7.63. The van der Waals surface area contributed by atoms with Crippen LogP contribution in [0.25, 0.3) is 22.0 Å². The summed E-state index contributed by atoms with van der Waals surface area (Å²) in [5, 5.41) is 1.09. The lowest BCUT2D eigenvalue weighted by Crippen LogP contribution is -2.41. The van der Waals surface area contributed by atoms with E-state index in [1.165, 1.54) is 11.1 Å². The first-order valence-electron chi connectivity index (χ1n) is 8.66. The molecule has 2 heterocycles. The highest BCUT2D eigenvalue weighted by atomic mass is 16.7. The molecule has 1 aliphatic rings. The van der Waals surface area contributed by atoms with E-state index < -0.39 is 0 Å².